The summed E-state index contributed by atoms with van der Waals surface area (Å²) in [4.78, 5) is 0. The SMILES string of the molecule is FC(F)(F)c1ccccc1/C=N\NC(=S)NC1CC2C=CC1C2. The van der Waals surface area contributed by atoms with E-state index in [-0.39, 0.29) is 11.6 Å². The van der Waals surface area contributed by atoms with Gasteiger partial charge in [-0.1, -0.05) is 30.4 Å². The lowest BCUT2D eigenvalue weighted by Gasteiger charge is -2.20. The predicted octanol–water partition coefficient (Wildman–Crippen LogP) is 3.47. The number of hydrogen-bond acceptors (Lipinski definition) is 2. The normalized spacial score (nSPS) is 26.0. The minimum Gasteiger partial charge on any atom is -0.358 e. The summed E-state index contributed by atoms with van der Waals surface area (Å²) in [6.07, 6.45) is 3.32. The van der Waals surface area contributed by atoms with Gasteiger partial charge in [0, 0.05) is 11.6 Å². The highest BCUT2D eigenvalue weighted by Gasteiger charge is 2.36. The van der Waals surface area contributed by atoms with Crippen molar-refractivity contribution < 1.29 is 13.2 Å². The third-order valence-corrected chi connectivity index (χ3v) is 4.44. The lowest BCUT2D eigenvalue weighted by molar-refractivity contribution is -0.137. The molecule has 0 amide bonds. The second-order valence-electron chi connectivity index (χ2n) is 5.82. The maximum absolute atomic E-state index is 12.9. The van der Waals surface area contributed by atoms with Gasteiger partial charge < -0.3 is 5.32 Å². The number of thiocarbonyl (C=S) groups is 1. The first kappa shape index (κ1) is 16.0. The second kappa shape index (κ2) is 6.31. The predicted molar refractivity (Wildman–Crippen MR) is 87.0 cm³/mol. The van der Waals surface area contributed by atoms with Gasteiger partial charge in [0.25, 0.3) is 0 Å². The Balaban J connectivity index is 1.57. The molecule has 23 heavy (non-hydrogen) atoms. The summed E-state index contributed by atoms with van der Waals surface area (Å²) in [5, 5.41) is 7.33. The zero-order valence-corrected chi connectivity index (χ0v) is 13.0. The van der Waals surface area contributed by atoms with Gasteiger partial charge in [0.05, 0.1) is 11.8 Å². The highest BCUT2D eigenvalue weighted by Crippen LogP contribution is 2.38. The minimum atomic E-state index is -4.41. The number of fused-ring (bicyclic) bond motifs is 2. The number of hydrazone groups is 1. The van der Waals surface area contributed by atoms with E-state index in [9.17, 15) is 13.2 Å². The summed E-state index contributed by atoms with van der Waals surface area (Å²) in [5.74, 6) is 1.09. The monoisotopic (exact) mass is 339 g/mol. The molecule has 3 unspecified atom stereocenters. The molecule has 3 atom stereocenters. The highest BCUT2D eigenvalue weighted by molar-refractivity contribution is 7.80. The van der Waals surface area contributed by atoms with E-state index in [1.54, 1.807) is 0 Å². The molecule has 0 spiro atoms. The number of allylic oxidation sites excluding steroid dienone is 1. The summed E-state index contributed by atoms with van der Waals surface area (Å²) < 4.78 is 38.6. The van der Waals surface area contributed by atoms with Crippen molar-refractivity contribution in [2.24, 2.45) is 16.9 Å². The standard InChI is InChI=1S/C16H16F3N3S/c17-16(18,19)13-4-2-1-3-12(13)9-20-22-15(23)21-14-8-10-5-6-11(14)7-10/h1-6,9-11,14H,7-8H2,(H2,21,22,23)/b20-9-. The van der Waals surface area contributed by atoms with Crippen LogP contribution in [0.1, 0.15) is 24.0 Å². The number of benzene rings is 1. The van der Waals surface area contributed by atoms with Crippen molar-refractivity contribution in [2.75, 3.05) is 0 Å². The molecule has 7 heteroatoms. The summed E-state index contributed by atoms with van der Waals surface area (Å²) in [7, 11) is 0. The number of nitrogens with one attached hydrogen (secondary N) is 2. The molecule has 2 bridgehead atoms. The van der Waals surface area contributed by atoms with Gasteiger partial charge in [-0.05, 0) is 43.0 Å². The fourth-order valence-corrected chi connectivity index (χ4v) is 3.38. The van der Waals surface area contributed by atoms with Crippen LogP contribution in [0.4, 0.5) is 13.2 Å². The summed E-state index contributed by atoms with van der Waals surface area (Å²) in [6, 6.07) is 5.56. The maximum atomic E-state index is 12.9. The van der Waals surface area contributed by atoms with Gasteiger partial charge in [0.15, 0.2) is 5.11 Å². The molecule has 2 N–H and O–H groups in total. The zero-order valence-electron chi connectivity index (χ0n) is 12.2. The largest absolute Gasteiger partial charge is 0.417 e. The number of hydrogen-bond donors (Lipinski definition) is 2. The molecular formula is C16H16F3N3S. The van der Waals surface area contributed by atoms with Gasteiger partial charge in [-0.15, -0.1) is 0 Å². The Hall–Kier alpha value is -1.89. The highest BCUT2D eigenvalue weighted by atomic mass is 32.1. The first-order valence-electron chi connectivity index (χ1n) is 7.37. The van der Waals surface area contributed by atoms with E-state index in [2.05, 4.69) is 28.0 Å². The lowest BCUT2D eigenvalue weighted by Crippen LogP contribution is -2.42. The lowest BCUT2D eigenvalue weighted by atomic mass is 10.0. The van der Waals surface area contributed by atoms with Crippen LogP contribution in [0.2, 0.25) is 0 Å². The molecule has 0 aliphatic heterocycles. The van der Waals surface area contributed by atoms with Gasteiger partial charge in [0.1, 0.15) is 0 Å². The summed E-state index contributed by atoms with van der Waals surface area (Å²) in [6.45, 7) is 0. The molecule has 1 saturated carbocycles. The van der Waals surface area contributed by atoms with Crippen LogP contribution in [0.25, 0.3) is 0 Å². The van der Waals surface area contributed by atoms with Crippen molar-refractivity contribution in [3.8, 4) is 0 Å². The fraction of sp³-hybridized carbons (Fsp3) is 0.375. The minimum absolute atomic E-state index is 0.00171. The molecule has 0 aromatic heterocycles. The Labute approximate surface area is 137 Å². The van der Waals surface area contributed by atoms with Crippen LogP contribution >= 0.6 is 12.2 Å². The summed E-state index contributed by atoms with van der Waals surface area (Å²) in [5.41, 5.74) is 1.87. The van der Waals surface area contributed by atoms with Crippen molar-refractivity contribution in [1.82, 2.24) is 10.7 Å². The third-order valence-electron chi connectivity index (χ3n) is 4.23. The molecule has 2 aliphatic rings. The number of rotatable bonds is 3. The van der Waals surface area contributed by atoms with Crippen molar-refractivity contribution in [1.29, 1.82) is 0 Å². The summed E-state index contributed by atoms with van der Waals surface area (Å²) >= 11 is 5.15. The van der Waals surface area contributed by atoms with E-state index in [0.29, 0.717) is 16.9 Å². The Morgan fingerprint density at radius 3 is 2.65 bits per heavy atom. The fourth-order valence-electron chi connectivity index (χ4n) is 3.18. The topological polar surface area (TPSA) is 36.4 Å². The smallest absolute Gasteiger partial charge is 0.358 e. The van der Waals surface area contributed by atoms with Crippen LogP contribution in [-0.2, 0) is 6.18 Å². The van der Waals surface area contributed by atoms with Crippen molar-refractivity contribution in [3.05, 3.63) is 47.5 Å². The van der Waals surface area contributed by atoms with Gasteiger partial charge in [-0.3, -0.25) is 5.43 Å². The van der Waals surface area contributed by atoms with E-state index >= 15 is 0 Å². The van der Waals surface area contributed by atoms with Crippen LogP contribution in [0.5, 0.6) is 0 Å². The molecular weight excluding hydrogens is 323 g/mol. The molecule has 3 rings (SSSR count). The Bertz CT molecular complexity index is 654. The molecule has 0 radical (unpaired) electrons. The van der Waals surface area contributed by atoms with Crippen molar-refractivity contribution in [2.45, 2.75) is 25.1 Å². The van der Waals surface area contributed by atoms with Crippen LogP contribution < -0.4 is 10.7 Å². The number of halogens is 3. The van der Waals surface area contributed by atoms with Gasteiger partial charge >= 0.3 is 6.18 Å². The van der Waals surface area contributed by atoms with Gasteiger partial charge in [-0.25, -0.2) is 0 Å². The van der Waals surface area contributed by atoms with Crippen molar-refractivity contribution in [3.63, 3.8) is 0 Å². The zero-order chi connectivity index (χ0) is 16.4. The average molecular weight is 339 g/mol. The van der Waals surface area contributed by atoms with Gasteiger partial charge in [0.2, 0.25) is 0 Å². The quantitative estimate of drug-likeness (QED) is 0.383. The van der Waals surface area contributed by atoms with E-state index in [1.807, 2.05) is 0 Å². The van der Waals surface area contributed by atoms with E-state index in [0.717, 1.165) is 25.1 Å². The van der Waals surface area contributed by atoms with Crippen LogP contribution in [0.3, 0.4) is 0 Å². The third kappa shape index (κ3) is 3.72. The maximum Gasteiger partial charge on any atom is 0.417 e. The van der Waals surface area contributed by atoms with Crippen LogP contribution in [-0.4, -0.2) is 17.4 Å². The molecule has 1 aromatic rings. The number of alkyl halides is 3. The molecule has 0 heterocycles. The molecule has 1 fully saturated rings. The molecule has 3 nitrogen and oxygen atoms in total. The van der Waals surface area contributed by atoms with Crippen LogP contribution in [0.15, 0.2) is 41.5 Å². The number of nitrogens with zero attached hydrogens (tertiary/aromatic N) is 1. The Kier molecular flexibility index (Phi) is 4.39. The van der Waals surface area contributed by atoms with E-state index < -0.39 is 11.7 Å². The van der Waals surface area contributed by atoms with Gasteiger partial charge in [-0.2, -0.15) is 18.3 Å². The van der Waals surface area contributed by atoms with E-state index in [1.165, 1.54) is 18.2 Å². The second-order valence-corrected chi connectivity index (χ2v) is 6.22. The molecule has 122 valence electrons. The van der Waals surface area contributed by atoms with E-state index in [4.69, 9.17) is 12.2 Å². The average Bonchev–Trinajstić information content (AvgIpc) is 3.09. The first-order valence-corrected chi connectivity index (χ1v) is 7.78. The van der Waals surface area contributed by atoms with Crippen LogP contribution in [0, 0.1) is 11.8 Å². The van der Waals surface area contributed by atoms with Crippen molar-refractivity contribution >= 4 is 23.5 Å². The first-order chi connectivity index (χ1) is 10.9. The Morgan fingerprint density at radius 1 is 1.22 bits per heavy atom. The Morgan fingerprint density at radius 2 is 2.00 bits per heavy atom. The molecule has 1 aromatic carbocycles. The molecule has 2 aliphatic carbocycles. The molecule has 0 saturated heterocycles.